The molecular weight excluding hydrogens is 263 g/mol. The normalized spacial score (nSPS) is 20.7. The number of rotatable bonds is 0. The first-order valence-corrected chi connectivity index (χ1v) is 6.25. The number of halogens is 2. The second-order valence-electron chi connectivity index (χ2n) is 4.52. The summed E-state index contributed by atoms with van der Waals surface area (Å²) in [5.41, 5.74) is -0.702. The molecule has 0 saturated heterocycles. The Bertz CT molecular complexity index is 574. The number of aromatic nitrogens is 1. The Kier molecular flexibility index (Phi) is 2.28. The van der Waals surface area contributed by atoms with E-state index in [0.29, 0.717) is 0 Å². The van der Waals surface area contributed by atoms with Gasteiger partial charge in [0.15, 0.2) is 0 Å². The molecule has 1 saturated carbocycles. The second kappa shape index (κ2) is 3.50. The van der Waals surface area contributed by atoms with Crippen molar-refractivity contribution >= 4 is 29.1 Å². The van der Waals surface area contributed by atoms with Crippen molar-refractivity contribution in [2.75, 3.05) is 0 Å². The number of fused-ring (bicyclic) bond motifs is 2. The van der Waals surface area contributed by atoms with Crippen molar-refractivity contribution in [3.63, 3.8) is 0 Å². The van der Waals surface area contributed by atoms with Crippen LogP contribution in [0.25, 0.3) is 0 Å². The van der Waals surface area contributed by atoms with Gasteiger partial charge in [0.2, 0.25) is 0 Å². The third-order valence-corrected chi connectivity index (χ3v) is 4.09. The molecule has 1 spiro atoms. The number of carbonyl (C=O) groups is 1. The minimum Gasteiger partial charge on any atom is -0.327 e. The van der Waals surface area contributed by atoms with Crippen molar-refractivity contribution in [2.24, 2.45) is 0 Å². The van der Waals surface area contributed by atoms with E-state index in [2.05, 4.69) is 5.32 Å². The van der Waals surface area contributed by atoms with E-state index in [1.165, 1.54) is 10.6 Å². The molecule has 1 aliphatic carbocycles. The average molecular weight is 273 g/mol. The molecular formula is C11H10Cl2N2O2. The maximum atomic E-state index is 12.1. The molecule has 2 heterocycles. The van der Waals surface area contributed by atoms with E-state index in [-0.39, 0.29) is 27.2 Å². The number of pyridine rings is 1. The first-order valence-electron chi connectivity index (χ1n) is 5.49. The van der Waals surface area contributed by atoms with E-state index in [9.17, 15) is 9.59 Å². The summed E-state index contributed by atoms with van der Waals surface area (Å²) in [5, 5.41) is 3.17. The van der Waals surface area contributed by atoms with E-state index < -0.39 is 5.66 Å². The van der Waals surface area contributed by atoms with Crippen molar-refractivity contribution < 1.29 is 4.79 Å². The van der Waals surface area contributed by atoms with Gasteiger partial charge in [-0.05, 0) is 31.7 Å². The van der Waals surface area contributed by atoms with Crippen LogP contribution < -0.4 is 10.9 Å². The number of nitrogens with zero attached hydrogens (tertiary/aromatic N) is 1. The number of hydrogen-bond acceptors (Lipinski definition) is 2. The standard InChI is InChI=1S/C11H10Cl2N2O2/c12-6-5-7(13)10(17)15-8(6)9(16)14-11(15)3-1-2-4-11/h5H,1-4H2,(H,14,16). The number of carbonyl (C=O) groups excluding carboxylic acids is 1. The molecule has 1 fully saturated rings. The molecule has 1 N–H and O–H groups in total. The Hall–Kier alpha value is -1.00. The second-order valence-corrected chi connectivity index (χ2v) is 5.34. The van der Waals surface area contributed by atoms with Gasteiger partial charge in [-0.15, -0.1) is 0 Å². The van der Waals surface area contributed by atoms with Gasteiger partial charge in [-0.3, -0.25) is 14.2 Å². The summed E-state index contributed by atoms with van der Waals surface area (Å²) in [5.74, 6) is -0.286. The number of nitrogens with one attached hydrogen (secondary N) is 1. The average Bonchev–Trinajstić information content (AvgIpc) is 2.82. The van der Waals surface area contributed by atoms with E-state index in [4.69, 9.17) is 23.2 Å². The highest BCUT2D eigenvalue weighted by atomic mass is 35.5. The molecule has 1 aromatic heterocycles. The molecule has 17 heavy (non-hydrogen) atoms. The third kappa shape index (κ3) is 1.37. The van der Waals surface area contributed by atoms with Gasteiger partial charge >= 0.3 is 0 Å². The molecule has 0 atom stereocenters. The molecule has 0 unspecified atom stereocenters. The minimum atomic E-state index is -0.599. The maximum Gasteiger partial charge on any atom is 0.271 e. The third-order valence-electron chi connectivity index (χ3n) is 3.53. The van der Waals surface area contributed by atoms with Gasteiger partial charge in [-0.25, -0.2) is 0 Å². The summed E-state index contributed by atoms with van der Waals surface area (Å²) < 4.78 is 1.45. The van der Waals surface area contributed by atoms with E-state index in [1.807, 2.05) is 0 Å². The molecule has 3 rings (SSSR count). The van der Waals surface area contributed by atoms with Crippen molar-refractivity contribution in [1.82, 2.24) is 9.88 Å². The molecule has 0 radical (unpaired) electrons. The monoisotopic (exact) mass is 272 g/mol. The Balaban J connectivity index is 2.36. The summed E-state index contributed by atoms with van der Waals surface area (Å²) in [6.45, 7) is 0. The molecule has 1 aliphatic heterocycles. The van der Waals surface area contributed by atoms with Gasteiger partial charge in [0.1, 0.15) is 16.4 Å². The van der Waals surface area contributed by atoms with Crippen LogP contribution in [0.3, 0.4) is 0 Å². The van der Waals surface area contributed by atoms with Crippen molar-refractivity contribution in [2.45, 2.75) is 31.3 Å². The highest BCUT2D eigenvalue weighted by molar-refractivity contribution is 6.36. The summed E-state index contributed by atoms with van der Waals surface area (Å²) in [4.78, 5) is 24.0. The summed E-state index contributed by atoms with van der Waals surface area (Å²) >= 11 is 11.8. The van der Waals surface area contributed by atoms with E-state index in [1.54, 1.807) is 0 Å². The van der Waals surface area contributed by atoms with Gasteiger partial charge in [0, 0.05) is 0 Å². The predicted molar refractivity (Wildman–Crippen MR) is 64.6 cm³/mol. The summed E-state index contributed by atoms with van der Waals surface area (Å²) in [6, 6.07) is 1.34. The van der Waals surface area contributed by atoms with Crippen molar-refractivity contribution in [3.8, 4) is 0 Å². The summed E-state index contributed by atoms with van der Waals surface area (Å²) in [6.07, 6.45) is 3.47. The fourth-order valence-electron chi connectivity index (χ4n) is 2.81. The van der Waals surface area contributed by atoms with Crippen LogP contribution in [0.5, 0.6) is 0 Å². The zero-order chi connectivity index (χ0) is 12.2. The fraction of sp³-hybridized carbons (Fsp3) is 0.455. The van der Waals surface area contributed by atoms with Crippen molar-refractivity contribution in [3.05, 3.63) is 32.2 Å². The lowest BCUT2D eigenvalue weighted by atomic mass is 10.1. The topological polar surface area (TPSA) is 51.1 Å². The summed E-state index contributed by atoms with van der Waals surface area (Å²) in [7, 11) is 0. The minimum absolute atomic E-state index is 0.0570. The van der Waals surface area contributed by atoms with Crippen LogP contribution in [-0.4, -0.2) is 10.5 Å². The van der Waals surface area contributed by atoms with E-state index >= 15 is 0 Å². The molecule has 0 bridgehead atoms. The first kappa shape index (κ1) is 11.1. The van der Waals surface area contributed by atoms with Crippen LogP contribution in [-0.2, 0) is 5.66 Å². The molecule has 0 aromatic carbocycles. The number of hydrogen-bond donors (Lipinski definition) is 1. The van der Waals surface area contributed by atoms with Crippen LogP contribution in [0.1, 0.15) is 36.2 Å². The molecule has 2 aliphatic rings. The number of amides is 1. The molecule has 1 aromatic rings. The Labute approximate surface area is 108 Å². The quantitative estimate of drug-likeness (QED) is 0.787. The van der Waals surface area contributed by atoms with Crippen molar-refractivity contribution in [1.29, 1.82) is 0 Å². The van der Waals surface area contributed by atoms with Crippen LogP contribution in [0.4, 0.5) is 0 Å². The van der Waals surface area contributed by atoms with Gasteiger partial charge in [0.25, 0.3) is 11.5 Å². The van der Waals surface area contributed by atoms with Gasteiger partial charge in [-0.1, -0.05) is 23.2 Å². The van der Waals surface area contributed by atoms with Gasteiger partial charge < -0.3 is 5.32 Å². The molecule has 6 heteroatoms. The van der Waals surface area contributed by atoms with Crippen LogP contribution in [0, 0.1) is 0 Å². The lowest BCUT2D eigenvalue weighted by molar-refractivity contribution is 0.0920. The first-order chi connectivity index (χ1) is 8.05. The lowest BCUT2D eigenvalue weighted by Crippen LogP contribution is -2.45. The largest absolute Gasteiger partial charge is 0.327 e. The van der Waals surface area contributed by atoms with Gasteiger partial charge in [-0.2, -0.15) is 0 Å². The van der Waals surface area contributed by atoms with Crippen LogP contribution in [0.2, 0.25) is 10.0 Å². The Morgan fingerprint density at radius 2 is 1.82 bits per heavy atom. The molecule has 90 valence electrons. The highest BCUT2D eigenvalue weighted by Gasteiger charge is 2.46. The Morgan fingerprint density at radius 1 is 1.18 bits per heavy atom. The lowest BCUT2D eigenvalue weighted by Gasteiger charge is -2.26. The van der Waals surface area contributed by atoms with E-state index in [0.717, 1.165) is 25.7 Å². The predicted octanol–water partition coefficient (Wildman–Crippen LogP) is 2.13. The smallest absolute Gasteiger partial charge is 0.271 e. The Morgan fingerprint density at radius 3 is 2.47 bits per heavy atom. The van der Waals surface area contributed by atoms with Crippen LogP contribution in [0.15, 0.2) is 10.9 Å². The van der Waals surface area contributed by atoms with Crippen LogP contribution >= 0.6 is 23.2 Å². The molecule has 1 amide bonds. The highest BCUT2D eigenvalue weighted by Crippen LogP contribution is 2.39. The zero-order valence-corrected chi connectivity index (χ0v) is 10.4. The molecule has 4 nitrogen and oxygen atoms in total. The maximum absolute atomic E-state index is 12.1. The zero-order valence-electron chi connectivity index (χ0n) is 8.93. The fourth-order valence-corrected chi connectivity index (χ4v) is 3.34. The SMILES string of the molecule is O=C1NC2(CCCC2)n2c1c(Cl)cc(Cl)c2=O. The van der Waals surface area contributed by atoms with Gasteiger partial charge in [0.05, 0.1) is 5.02 Å².